The van der Waals surface area contributed by atoms with Crippen LogP contribution in [0.4, 0.5) is 0 Å². The number of carbonyl (C=O) groups is 1. The number of ketones is 1. The lowest BCUT2D eigenvalue weighted by molar-refractivity contribution is 0.103. The number of benzene rings is 1. The fourth-order valence-corrected chi connectivity index (χ4v) is 2.56. The summed E-state index contributed by atoms with van der Waals surface area (Å²) in [6.45, 7) is 5.63. The van der Waals surface area contributed by atoms with Crippen LogP contribution in [-0.2, 0) is 0 Å². The summed E-state index contributed by atoms with van der Waals surface area (Å²) in [7, 11) is 0. The van der Waals surface area contributed by atoms with Crippen LogP contribution in [0.1, 0.15) is 33.0 Å². The standard InChI is InChI=1S/C17H15NO2/c1-10-11(2)20-12(3)16(10)17(19)14-6-4-8-15-13(14)7-5-9-18-15/h4-9H,1-3H3. The van der Waals surface area contributed by atoms with Gasteiger partial charge in [-0.3, -0.25) is 9.78 Å². The third-order valence-corrected chi connectivity index (χ3v) is 3.68. The molecule has 1 aromatic carbocycles. The average Bonchev–Trinajstić information content (AvgIpc) is 2.71. The fourth-order valence-electron chi connectivity index (χ4n) is 2.56. The van der Waals surface area contributed by atoms with E-state index in [1.165, 1.54) is 0 Å². The summed E-state index contributed by atoms with van der Waals surface area (Å²) in [6, 6.07) is 9.38. The van der Waals surface area contributed by atoms with Crippen molar-refractivity contribution in [1.29, 1.82) is 0 Å². The number of hydrogen-bond acceptors (Lipinski definition) is 3. The molecule has 0 aliphatic carbocycles. The first kappa shape index (κ1) is 12.6. The van der Waals surface area contributed by atoms with Crippen LogP contribution >= 0.6 is 0 Å². The number of aromatic nitrogens is 1. The molecule has 0 radical (unpaired) electrons. The number of rotatable bonds is 2. The maximum atomic E-state index is 12.8. The summed E-state index contributed by atoms with van der Waals surface area (Å²) in [5, 5.41) is 0.873. The van der Waals surface area contributed by atoms with Crippen LogP contribution in [0.25, 0.3) is 10.9 Å². The predicted octanol–water partition coefficient (Wildman–Crippen LogP) is 3.98. The SMILES string of the molecule is Cc1oc(C)c(C(=O)c2cccc3ncccc23)c1C. The molecule has 0 amide bonds. The van der Waals surface area contributed by atoms with Gasteiger partial charge >= 0.3 is 0 Å². The molecule has 0 saturated heterocycles. The molecule has 0 unspecified atom stereocenters. The summed E-state index contributed by atoms with van der Waals surface area (Å²) in [5.41, 5.74) is 3.07. The number of furan rings is 1. The first-order chi connectivity index (χ1) is 9.59. The van der Waals surface area contributed by atoms with Gasteiger partial charge in [-0.2, -0.15) is 0 Å². The molecule has 3 rings (SSSR count). The molecule has 20 heavy (non-hydrogen) atoms. The molecule has 2 aromatic heterocycles. The van der Waals surface area contributed by atoms with Gasteiger partial charge in [-0.1, -0.05) is 18.2 Å². The summed E-state index contributed by atoms with van der Waals surface area (Å²) in [5.74, 6) is 1.46. The van der Waals surface area contributed by atoms with Crippen molar-refractivity contribution in [3.05, 3.63) is 64.7 Å². The zero-order chi connectivity index (χ0) is 14.3. The second kappa shape index (κ2) is 4.60. The Morgan fingerprint density at radius 3 is 2.55 bits per heavy atom. The molecule has 100 valence electrons. The highest BCUT2D eigenvalue weighted by atomic mass is 16.3. The van der Waals surface area contributed by atoms with Crippen LogP contribution in [0.5, 0.6) is 0 Å². The van der Waals surface area contributed by atoms with Crippen LogP contribution in [0.15, 0.2) is 40.9 Å². The zero-order valence-corrected chi connectivity index (χ0v) is 11.7. The van der Waals surface area contributed by atoms with Crippen molar-refractivity contribution in [3.63, 3.8) is 0 Å². The van der Waals surface area contributed by atoms with E-state index in [4.69, 9.17) is 4.42 Å². The Morgan fingerprint density at radius 1 is 1.05 bits per heavy atom. The van der Waals surface area contributed by atoms with Gasteiger partial charge in [-0.15, -0.1) is 0 Å². The van der Waals surface area contributed by atoms with Crippen molar-refractivity contribution in [2.75, 3.05) is 0 Å². The molecule has 0 atom stereocenters. The Labute approximate surface area is 117 Å². The molecule has 0 N–H and O–H groups in total. The van der Waals surface area contributed by atoms with Gasteiger partial charge in [0.05, 0.1) is 11.1 Å². The predicted molar refractivity (Wildman–Crippen MR) is 78.1 cm³/mol. The molecule has 3 nitrogen and oxygen atoms in total. The summed E-state index contributed by atoms with van der Waals surface area (Å²) in [4.78, 5) is 17.1. The molecular weight excluding hydrogens is 250 g/mol. The van der Waals surface area contributed by atoms with E-state index in [1.54, 1.807) is 6.20 Å². The monoisotopic (exact) mass is 265 g/mol. The highest BCUT2D eigenvalue weighted by molar-refractivity contribution is 6.17. The highest BCUT2D eigenvalue weighted by Crippen LogP contribution is 2.26. The average molecular weight is 265 g/mol. The van der Waals surface area contributed by atoms with Crippen molar-refractivity contribution in [3.8, 4) is 0 Å². The normalized spacial score (nSPS) is 10.9. The maximum Gasteiger partial charge on any atom is 0.197 e. The van der Waals surface area contributed by atoms with Crippen LogP contribution in [0, 0.1) is 20.8 Å². The quantitative estimate of drug-likeness (QED) is 0.658. The maximum absolute atomic E-state index is 12.8. The van der Waals surface area contributed by atoms with Gasteiger partial charge in [-0.25, -0.2) is 0 Å². The Bertz CT molecular complexity index is 810. The molecule has 0 spiro atoms. The minimum absolute atomic E-state index is 0.00421. The highest BCUT2D eigenvalue weighted by Gasteiger charge is 2.21. The largest absolute Gasteiger partial charge is 0.466 e. The topological polar surface area (TPSA) is 43.1 Å². The number of fused-ring (bicyclic) bond motifs is 1. The van der Waals surface area contributed by atoms with E-state index in [1.807, 2.05) is 51.1 Å². The Balaban J connectivity index is 2.23. The van der Waals surface area contributed by atoms with Gasteiger partial charge in [0.25, 0.3) is 0 Å². The van der Waals surface area contributed by atoms with Crippen LogP contribution < -0.4 is 0 Å². The van der Waals surface area contributed by atoms with Crippen molar-refractivity contribution in [2.45, 2.75) is 20.8 Å². The van der Waals surface area contributed by atoms with Gasteiger partial charge in [-0.05, 0) is 32.9 Å². The van der Waals surface area contributed by atoms with Crippen molar-refractivity contribution in [2.24, 2.45) is 0 Å². The summed E-state index contributed by atoms with van der Waals surface area (Å²) in [6.07, 6.45) is 1.73. The lowest BCUT2D eigenvalue weighted by Gasteiger charge is -2.05. The molecule has 0 saturated carbocycles. The number of nitrogens with zero attached hydrogens (tertiary/aromatic N) is 1. The molecule has 3 aromatic rings. The Hall–Kier alpha value is -2.42. The van der Waals surface area contributed by atoms with Gasteiger partial charge in [0.15, 0.2) is 5.78 Å². The van der Waals surface area contributed by atoms with E-state index >= 15 is 0 Å². The number of pyridine rings is 1. The van der Waals surface area contributed by atoms with E-state index in [0.29, 0.717) is 16.9 Å². The van der Waals surface area contributed by atoms with Crippen LogP contribution in [0.3, 0.4) is 0 Å². The minimum Gasteiger partial charge on any atom is -0.466 e. The van der Waals surface area contributed by atoms with Crippen molar-refractivity contribution >= 4 is 16.7 Å². The second-order valence-electron chi connectivity index (χ2n) is 4.92. The molecular formula is C17H15NO2. The molecule has 3 heteroatoms. The zero-order valence-electron chi connectivity index (χ0n) is 11.7. The van der Waals surface area contributed by atoms with Gasteiger partial charge in [0, 0.05) is 22.7 Å². The van der Waals surface area contributed by atoms with E-state index in [0.717, 1.165) is 22.2 Å². The van der Waals surface area contributed by atoms with Gasteiger partial charge in [0.2, 0.25) is 0 Å². The third kappa shape index (κ3) is 1.83. The first-order valence-corrected chi connectivity index (χ1v) is 6.54. The molecule has 2 heterocycles. The minimum atomic E-state index is -0.00421. The lowest BCUT2D eigenvalue weighted by atomic mass is 9.97. The van der Waals surface area contributed by atoms with Crippen LogP contribution in [0.2, 0.25) is 0 Å². The van der Waals surface area contributed by atoms with E-state index in [2.05, 4.69) is 4.98 Å². The first-order valence-electron chi connectivity index (χ1n) is 6.54. The van der Waals surface area contributed by atoms with E-state index in [-0.39, 0.29) is 5.78 Å². The number of aryl methyl sites for hydroxylation is 2. The Kier molecular flexibility index (Phi) is 2.90. The smallest absolute Gasteiger partial charge is 0.197 e. The molecule has 0 aliphatic heterocycles. The fraction of sp³-hybridized carbons (Fsp3) is 0.176. The molecule has 0 bridgehead atoms. The summed E-state index contributed by atoms with van der Waals surface area (Å²) >= 11 is 0. The van der Waals surface area contributed by atoms with Crippen molar-refractivity contribution < 1.29 is 9.21 Å². The number of carbonyl (C=O) groups excluding carboxylic acids is 1. The Morgan fingerprint density at radius 2 is 1.85 bits per heavy atom. The van der Waals surface area contributed by atoms with E-state index in [9.17, 15) is 4.79 Å². The lowest BCUT2D eigenvalue weighted by Crippen LogP contribution is -2.04. The third-order valence-electron chi connectivity index (χ3n) is 3.68. The van der Waals surface area contributed by atoms with Gasteiger partial charge < -0.3 is 4.42 Å². The second-order valence-corrected chi connectivity index (χ2v) is 4.92. The molecule has 0 fully saturated rings. The number of hydrogen-bond donors (Lipinski definition) is 0. The van der Waals surface area contributed by atoms with Crippen LogP contribution in [-0.4, -0.2) is 10.8 Å². The van der Waals surface area contributed by atoms with E-state index < -0.39 is 0 Å². The van der Waals surface area contributed by atoms with Gasteiger partial charge in [0.1, 0.15) is 11.5 Å². The molecule has 0 aliphatic rings. The summed E-state index contributed by atoms with van der Waals surface area (Å²) < 4.78 is 5.56. The van der Waals surface area contributed by atoms with Crippen molar-refractivity contribution in [1.82, 2.24) is 4.98 Å².